The number of ether oxygens (including phenoxy) is 1. The van der Waals surface area contributed by atoms with E-state index in [4.69, 9.17) is 4.74 Å². The molecule has 134 valence electrons. The predicted octanol–water partition coefficient (Wildman–Crippen LogP) is 0.699. The van der Waals surface area contributed by atoms with Gasteiger partial charge in [-0.05, 0) is 24.1 Å². The molecule has 0 radical (unpaired) electrons. The van der Waals surface area contributed by atoms with Crippen LogP contribution in [0.3, 0.4) is 0 Å². The summed E-state index contributed by atoms with van der Waals surface area (Å²) in [6.45, 7) is 2.23. The van der Waals surface area contributed by atoms with Crippen molar-refractivity contribution in [3.8, 4) is 0 Å². The Hall–Kier alpha value is -1.51. The smallest absolute Gasteiger partial charge is 0.224 e. The molecule has 2 unspecified atom stereocenters. The van der Waals surface area contributed by atoms with Crippen molar-refractivity contribution in [2.75, 3.05) is 33.1 Å². The van der Waals surface area contributed by atoms with Crippen molar-refractivity contribution in [1.82, 2.24) is 9.62 Å². The maximum absolute atomic E-state index is 13.5. The fourth-order valence-corrected chi connectivity index (χ4v) is 3.70. The van der Waals surface area contributed by atoms with Gasteiger partial charge in [0.1, 0.15) is 5.82 Å². The Balaban J connectivity index is 1.96. The normalized spacial score (nSPS) is 21.2. The Labute approximate surface area is 142 Å². The number of halogens is 1. The minimum Gasteiger partial charge on any atom is -0.379 e. The molecule has 2 atom stereocenters. The summed E-state index contributed by atoms with van der Waals surface area (Å²) in [6.07, 6.45) is 0.0425. The molecule has 1 amide bonds. The van der Waals surface area contributed by atoms with Gasteiger partial charge in [0.25, 0.3) is 0 Å². The number of carbonyl (C=O) groups is 1. The zero-order chi connectivity index (χ0) is 17.9. The van der Waals surface area contributed by atoms with Crippen LogP contribution in [0.4, 0.5) is 4.39 Å². The van der Waals surface area contributed by atoms with Gasteiger partial charge in [-0.25, -0.2) is 17.1 Å². The van der Waals surface area contributed by atoms with Crippen LogP contribution in [0.5, 0.6) is 0 Å². The zero-order valence-corrected chi connectivity index (χ0v) is 14.9. The molecule has 1 aromatic carbocycles. The van der Waals surface area contributed by atoms with E-state index in [0.717, 1.165) is 0 Å². The van der Waals surface area contributed by atoms with Crippen molar-refractivity contribution in [2.24, 2.45) is 5.92 Å². The fourth-order valence-electron chi connectivity index (χ4n) is 2.53. The molecule has 1 heterocycles. The first-order valence-corrected chi connectivity index (χ1v) is 9.32. The highest BCUT2D eigenvalue weighted by atomic mass is 32.2. The highest BCUT2D eigenvalue weighted by Crippen LogP contribution is 2.17. The highest BCUT2D eigenvalue weighted by Gasteiger charge is 2.34. The van der Waals surface area contributed by atoms with Crippen molar-refractivity contribution < 1.29 is 22.3 Å². The van der Waals surface area contributed by atoms with Crippen LogP contribution >= 0.6 is 0 Å². The lowest BCUT2D eigenvalue weighted by molar-refractivity contribution is -0.121. The van der Waals surface area contributed by atoms with Crippen LogP contribution in [-0.4, -0.2) is 57.7 Å². The number of amides is 1. The van der Waals surface area contributed by atoms with Crippen molar-refractivity contribution in [1.29, 1.82) is 0 Å². The number of nitrogens with zero attached hydrogens (tertiary/aromatic N) is 1. The number of aryl methyl sites for hydroxylation is 1. The van der Waals surface area contributed by atoms with Crippen molar-refractivity contribution in [2.45, 2.75) is 19.4 Å². The molecule has 0 aliphatic carbocycles. The Morgan fingerprint density at radius 3 is 2.71 bits per heavy atom. The lowest BCUT2D eigenvalue weighted by Gasteiger charge is -2.21. The van der Waals surface area contributed by atoms with Gasteiger partial charge in [0.05, 0.1) is 31.4 Å². The largest absolute Gasteiger partial charge is 0.379 e. The second-order valence-corrected chi connectivity index (χ2v) is 8.52. The molecule has 8 heteroatoms. The quantitative estimate of drug-likeness (QED) is 0.812. The zero-order valence-electron chi connectivity index (χ0n) is 14.1. The van der Waals surface area contributed by atoms with Gasteiger partial charge >= 0.3 is 0 Å². The van der Waals surface area contributed by atoms with Crippen LogP contribution in [0.2, 0.25) is 0 Å². The summed E-state index contributed by atoms with van der Waals surface area (Å²) in [7, 11) is -0.413. The maximum Gasteiger partial charge on any atom is 0.224 e. The van der Waals surface area contributed by atoms with Crippen LogP contribution < -0.4 is 5.32 Å². The number of sulfonamides is 1. The van der Waals surface area contributed by atoms with E-state index in [2.05, 4.69) is 5.32 Å². The molecule has 24 heavy (non-hydrogen) atoms. The number of hydrogen-bond donors (Lipinski definition) is 1. The van der Waals surface area contributed by atoms with E-state index >= 15 is 0 Å². The standard InChI is InChI=1S/C16H23FN2O4S/c1-11-4-5-12(6-14(11)17)7-16(20)18-15-9-23-8-13(15)10-24(21,22)19(2)3/h4-6,13,15H,7-10H2,1-3H3,(H,18,20). The molecule has 0 aromatic heterocycles. The molecule has 1 saturated heterocycles. The molecule has 1 fully saturated rings. The molecule has 0 bridgehead atoms. The van der Waals surface area contributed by atoms with E-state index in [0.29, 0.717) is 11.1 Å². The molecule has 6 nitrogen and oxygen atoms in total. The third kappa shape index (κ3) is 4.75. The fraction of sp³-hybridized carbons (Fsp3) is 0.562. The van der Waals surface area contributed by atoms with E-state index in [-0.39, 0.29) is 49.1 Å². The summed E-state index contributed by atoms with van der Waals surface area (Å²) in [6, 6.07) is 4.32. The molecule has 1 N–H and O–H groups in total. The molecular formula is C16H23FN2O4S. The van der Waals surface area contributed by atoms with Gasteiger partial charge in [-0.1, -0.05) is 12.1 Å². The number of rotatable bonds is 6. The highest BCUT2D eigenvalue weighted by molar-refractivity contribution is 7.89. The summed E-state index contributed by atoms with van der Waals surface area (Å²) in [5.74, 6) is -0.999. The van der Waals surface area contributed by atoms with Gasteiger partial charge in [0.2, 0.25) is 15.9 Å². The first-order chi connectivity index (χ1) is 11.2. The molecular weight excluding hydrogens is 335 g/mol. The van der Waals surface area contributed by atoms with Crippen molar-refractivity contribution >= 4 is 15.9 Å². The van der Waals surface area contributed by atoms with Gasteiger partial charge < -0.3 is 10.1 Å². The van der Waals surface area contributed by atoms with Gasteiger partial charge in [-0.3, -0.25) is 4.79 Å². The van der Waals surface area contributed by atoms with Crippen molar-refractivity contribution in [3.05, 3.63) is 35.1 Å². The average molecular weight is 358 g/mol. The molecule has 0 spiro atoms. The second-order valence-electron chi connectivity index (χ2n) is 6.29. The molecule has 1 aliphatic heterocycles. The summed E-state index contributed by atoms with van der Waals surface area (Å²) >= 11 is 0. The number of carbonyl (C=O) groups excluding carboxylic acids is 1. The minimum atomic E-state index is -3.37. The monoisotopic (exact) mass is 358 g/mol. The van der Waals surface area contributed by atoms with Crippen LogP contribution in [0.1, 0.15) is 11.1 Å². The van der Waals surface area contributed by atoms with Crippen LogP contribution in [0.25, 0.3) is 0 Å². The van der Waals surface area contributed by atoms with Gasteiger partial charge in [-0.2, -0.15) is 0 Å². The predicted molar refractivity (Wildman–Crippen MR) is 88.6 cm³/mol. The second kappa shape index (κ2) is 7.58. The number of hydrogen-bond acceptors (Lipinski definition) is 4. The first kappa shape index (κ1) is 18.8. The molecule has 1 aliphatic rings. The van der Waals surface area contributed by atoms with Crippen LogP contribution in [0.15, 0.2) is 18.2 Å². The Bertz CT molecular complexity index is 706. The van der Waals surface area contributed by atoms with Gasteiger partial charge in [-0.15, -0.1) is 0 Å². The van der Waals surface area contributed by atoms with Crippen molar-refractivity contribution in [3.63, 3.8) is 0 Å². The third-order valence-corrected chi connectivity index (χ3v) is 6.09. The van der Waals surface area contributed by atoms with E-state index in [1.54, 1.807) is 19.1 Å². The topological polar surface area (TPSA) is 75.7 Å². The van der Waals surface area contributed by atoms with E-state index in [1.165, 1.54) is 24.5 Å². The summed E-state index contributed by atoms with van der Waals surface area (Å²) in [5, 5.41) is 2.80. The van der Waals surface area contributed by atoms with Crippen LogP contribution in [0, 0.1) is 18.7 Å². The maximum atomic E-state index is 13.5. The lowest BCUT2D eigenvalue weighted by atomic mass is 10.0. The van der Waals surface area contributed by atoms with Gasteiger partial charge in [0.15, 0.2) is 0 Å². The third-order valence-electron chi connectivity index (χ3n) is 4.13. The SMILES string of the molecule is Cc1ccc(CC(=O)NC2COCC2CS(=O)(=O)N(C)C)cc1F. The summed E-state index contributed by atoms with van der Waals surface area (Å²) < 4.78 is 44.0. The Morgan fingerprint density at radius 1 is 1.38 bits per heavy atom. The Morgan fingerprint density at radius 2 is 2.08 bits per heavy atom. The Kier molecular flexibility index (Phi) is 5.95. The van der Waals surface area contributed by atoms with E-state index < -0.39 is 10.0 Å². The molecule has 1 aromatic rings. The first-order valence-electron chi connectivity index (χ1n) is 7.71. The number of nitrogens with one attached hydrogen (secondary N) is 1. The molecule has 0 saturated carbocycles. The summed E-state index contributed by atoms with van der Waals surface area (Å²) in [4.78, 5) is 12.2. The summed E-state index contributed by atoms with van der Waals surface area (Å²) in [5.41, 5.74) is 1.10. The van der Waals surface area contributed by atoms with Crippen LogP contribution in [-0.2, 0) is 26.0 Å². The number of benzene rings is 1. The minimum absolute atomic E-state index is 0.0425. The molecule has 2 rings (SSSR count). The van der Waals surface area contributed by atoms with Gasteiger partial charge in [0, 0.05) is 20.0 Å². The average Bonchev–Trinajstić information content (AvgIpc) is 2.89. The lowest BCUT2D eigenvalue weighted by Crippen LogP contribution is -2.44. The van der Waals surface area contributed by atoms with E-state index in [9.17, 15) is 17.6 Å². The van der Waals surface area contributed by atoms with E-state index in [1.807, 2.05) is 0 Å².